The van der Waals surface area contributed by atoms with Gasteiger partial charge in [0.15, 0.2) is 0 Å². The number of nitrogens with one attached hydrogen (secondary N) is 1. The third-order valence-electron chi connectivity index (χ3n) is 5.28. The van der Waals surface area contributed by atoms with E-state index in [0.717, 1.165) is 13.0 Å². The van der Waals surface area contributed by atoms with Gasteiger partial charge in [-0.3, -0.25) is 10.2 Å². The van der Waals surface area contributed by atoms with Crippen molar-refractivity contribution in [3.05, 3.63) is 65.7 Å². The first-order chi connectivity index (χ1) is 11.1. The van der Waals surface area contributed by atoms with Crippen LogP contribution in [0.4, 0.5) is 5.69 Å². The van der Waals surface area contributed by atoms with Crippen molar-refractivity contribution in [1.82, 2.24) is 10.4 Å². The zero-order valence-electron chi connectivity index (χ0n) is 13.5. The third kappa shape index (κ3) is 2.05. The highest BCUT2D eigenvalue weighted by Gasteiger charge is 2.53. The molecule has 0 aromatic heterocycles. The fraction of sp³-hybridized carbons (Fsp3) is 0.316. The smallest absolute Gasteiger partial charge is 0.265 e. The van der Waals surface area contributed by atoms with Crippen LogP contribution in [0.25, 0.3) is 0 Å². The van der Waals surface area contributed by atoms with Gasteiger partial charge in [-0.25, -0.2) is 0 Å². The molecule has 4 nitrogen and oxygen atoms in total. The Morgan fingerprint density at radius 2 is 1.83 bits per heavy atom. The minimum Gasteiger partial charge on any atom is -0.356 e. The molecule has 1 N–H and O–H groups in total. The predicted molar refractivity (Wildman–Crippen MR) is 91.2 cm³/mol. The van der Waals surface area contributed by atoms with Gasteiger partial charge in [-0.1, -0.05) is 43.3 Å². The highest BCUT2D eigenvalue weighted by Crippen LogP contribution is 2.50. The maximum absolute atomic E-state index is 12.5. The summed E-state index contributed by atoms with van der Waals surface area (Å²) in [6.45, 7) is 3.16. The molecule has 1 amide bonds. The minimum atomic E-state index is -0.0424. The number of carbonyl (C=O) groups excluding carboxylic acids is 1. The zero-order chi connectivity index (χ0) is 16.0. The Labute approximate surface area is 136 Å². The van der Waals surface area contributed by atoms with Gasteiger partial charge < -0.3 is 4.90 Å². The van der Waals surface area contributed by atoms with E-state index in [0.29, 0.717) is 5.56 Å². The van der Waals surface area contributed by atoms with Crippen LogP contribution >= 0.6 is 0 Å². The SMILES string of the molecule is CN1c2ccccc2[C@@]2(C)CCN(NC(=O)c3ccccc3)[C@@H]12. The summed E-state index contributed by atoms with van der Waals surface area (Å²) in [6.07, 6.45) is 1.20. The number of hydrogen-bond donors (Lipinski definition) is 1. The number of hydrazine groups is 1. The van der Waals surface area contributed by atoms with Gasteiger partial charge in [0.25, 0.3) is 5.91 Å². The van der Waals surface area contributed by atoms with Crippen LogP contribution in [0.5, 0.6) is 0 Å². The summed E-state index contributed by atoms with van der Waals surface area (Å²) >= 11 is 0. The Balaban J connectivity index is 1.61. The largest absolute Gasteiger partial charge is 0.356 e. The molecule has 0 saturated carbocycles. The summed E-state index contributed by atoms with van der Waals surface area (Å²) in [5.74, 6) is -0.0424. The van der Waals surface area contributed by atoms with Gasteiger partial charge in [0, 0.05) is 30.3 Å². The molecule has 0 radical (unpaired) electrons. The van der Waals surface area contributed by atoms with E-state index in [1.807, 2.05) is 30.3 Å². The molecule has 2 aromatic carbocycles. The topological polar surface area (TPSA) is 35.6 Å². The first-order valence-corrected chi connectivity index (χ1v) is 8.06. The van der Waals surface area contributed by atoms with Crippen LogP contribution in [0.3, 0.4) is 0 Å². The highest BCUT2D eigenvalue weighted by atomic mass is 16.2. The molecule has 4 rings (SSSR count). The Morgan fingerprint density at radius 1 is 1.13 bits per heavy atom. The number of hydrogen-bond acceptors (Lipinski definition) is 3. The summed E-state index contributed by atoms with van der Waals surface area (Å²) in [5.41, 5.74) is 6.50. The lowest BCUT2D eigenvalue weighted by molar-refractivity contribution is 0.0744. The number of carbonyl (C=O) groups is 1. The minimum absolute atomic E-state index is 0.0424. The fourth-order valence-corrected chi connectivity index (χ4v) is 4.16. The zero-order valence-corrected chi connectivity index (χ0v) is 13.5. The first-order valence-electron chi connectivity index (χ1n) is 8.06. The average Bonchev–Trinajstić information content (AvgIpc) is 3.02. The summed E-state index contributed by atoms with van der Waals surface area (Å²) < 4.78 is 0. The molecular weight excluding hydrogens is 286 g/mol. The van der Waals surface area contributed by atoms with Crippen LogP contribution in [0.15, 0.2) is 54.6 Å². The molecule has 2 aromatic rings. The molecule has 1 fully saturated rings. The predicted octanol–water partition coefficient (Wildman–Crippen LogP) is 2.77. The van der Waals surface area contributed by atoms with Gasteiger partial charge in [-0.2, -0.15) is 5.01 Å². The number of anilines is 1. The molecule has 23 heavy (non-hydrogen) atoms. The molecule has 2 heterocycles. The Bertz CT molecular complexity index is 745. The van der Waals surface area contributed by atoms with Gasteiger partial charge in [-0.05, 0) is 30.2 Å². The van der Waals surface area contributed by atoms with E-state index in [-0.39, 0.29) is 17.5 Å². The Kier molecular flexibility index (Phi) is 3.16. The van der Waals surface area contributed by atoms with Crippen molar-refractivity contribution >= 4 is 11.6 Å². The van der Waals surface area contributed by atoms with Crippen molar-refractivity contribution in [3.63, 3.8) is 0 Å². The number of fused-ring (bicyclic) bond motifs is 3. The number of likely N-dealkylation sites (N-methyl/N-ethyl adjacent to an activating group) is 1. The number of nitrogens with zero attached hydrogens (tertiary/aromatic N) is 2. The second-order valence-corrected chi connectivity index (χ2v) is 6.67. The van der Waals surface area contributed by atoms with Crippen LogP contribution in [-0.4, -0.2) is 30.7 Å². The van der Waals surface area contributed by atoms with Crippen molar-refractivity contribution in [2.75, 3.05) is 18.5 Å². The number of benzene rings is 2. The molecule has 0 spiro atoms. The van der Waals surface area contributed by atoms with Crippen LogP contribution in [0.1, 0.15) is 29.3 Å². The van der Waals surface area contributed by atoms with Crippen LogP contribution in [0, 0.1) is 0 Å². The summed E-state index contributed by atoms with van der Waals surface area (Å²) in [6, 6.07) is 17.9. The van der Waals surface area contributed by atoms with E-state index in [4.69, 9.17) is 0 Å². The molecular formula is C19H21N3O. The van der Waals surface area contributed by atoms with E-state index in [9.17, 15) is 4.79 Å². The van der Waals surface area contributed by atoms with Crippen LogP contribution in [-0.2, 0) is 5.41 Å². The second kappa shape index (κ2) is 5.10. The molecule has 2 aliphatic heterocycles. The number of para-hydroxylation sites is 1. The van der Waals surface area contributed by atoms with Gasteiger partial charge in [-0.15, -0.1) is 0 Å². The maximum atomic E-state index is 12.5. The number of amides is 1. The number of rotatable bonds is 2. The second-order valence-electron chi connectivity index (χ2n) is 6.67. The summed E-state index contributed by atoms with van der Waals surface area (Å²) in [4.78, 5) is 14.8. The molecule has 1 saturated heterocycles. The third-order valence-corrected chi connectivity index (χ3v) is 5.28. The molecule has 0 unspecified atom stereocenters. The molecule has 2 atom stereocenters. The lowest BCUT2D eigenvalue weighted by Gasteiger charge is -2.34. The van der Waals surface area contributed by atoms with E-state index in [1.165, 1.54) is 11.3 Å². The average molecular weight is 307 g/mol. The van der Waals surface area contributed by atoms with E-state index in [2.05, 4.69) is 53.6 Å². The summed E-state index contributed by atoms with van der Waals surface area (Å²) in [7, 11) is 2.11. The van der Waals surface area contributed by atoms with Crippen molar-refractivity contribution in [1.29, 1.82) is 0 Å². The molecule has 2 aliphatic rings. The lowest BCUT2D eigenvalue weighted by atomic mass is 9.81. The molecule has 118 valence electrons. The standard InChI is InChI=1S/C19H21N3O/c1-19-12-13-22(20-17(23)14-8-4-3-5-9-14)18(19)21(2)16-11-7-6-10-15(16)19/h3-11,18H,12-13H2,1-2H3,(H,20,23)/t18-,19-/m1/s1. The molecule has 0 bridgehead atoms. The van der Waals surface area contributed by atoms with E-state index in [1.54, 1.807) is 0 Å². The van der Waals surface area contributed by atoms with Crippen molar-refractivity contribution < 1.29 is 4.79 Å². The van der Waals surface area contributed by atoms with Crippen LogP contribution < -0.4 is 10.3 Å². The van der Waals surface area contributed by atoms with Gasteiger partial charge >= 0.3 is 0 Å². The quantitative estimate of drug-likeness (QED) is 0.926. The van der Waals surface area contributed by atoms with Gasteiger partial charge in [0.05, 0.1) is 0 Å². The van der Waals surface area contributed by atoms with E-state index < -0.39 is 0 Å². The first kappa shape index (κ1) is 14.3. The highest BCUT2D eigenvalue weighted by molar-refractivity contribution is 5.93. The molecule has 4 heteroatoms. The van der Waals surface area contributed by atoms with Gasteiger partial charge in [0.2, 0.25) is 0 Å². The van der Waals surface area contributed by atoms with E-state index >= 15 is 0 Å². The summed E-state index contributed by atoms with van der Waals surface area (Å²) in [5, 5.41) is 2.09. The monoisotopic (exact) mass is 307 g/mol. The van der Waals surface area contributed by atoms with Gasteiger partial charge in [0.1, 0.15) is 6.17 Å². The Hall–Kier alpha value is -2.33. The Morgan fingerprint density at radius 3 is 2.61 bits per heavy atom. The fourth-order valence-electron chi connectivity index (χ4n) is 4.16. The van der Waals surface area contributed by atoms with Crippen molar-refractivity contribution in [3.8, 4) is 0 Å². The normalized spacial score (nSPS) is 26.0. The van der Waals surface area contributed by atoms with Crippen LogP contribution in [0.2, 0.25) is 0 Å². The van der Waals surface area contributed by atoms with Crippen molar-refractivity contribution in [2.24, 2.45) is 0 Å². The maximum Gasteiger partial charge on any atom is 0.265 e. The van der Waals surface area contributed by atoms with Crippen molar-refractivity contribution in [2.45, 2.75) is 24.9 Å². The molecule has 0 aliphatic carbocycles. The lowest BCUT2D eigenvalue weighted by Crippen LogP contribution is -2.54.